The summed E-state index contributed by atoms with van der Waals surface area (Å²) in [6, 6.07) is 9.83. The quantitative estimate of drug-likeness (QED) is 0.838. The van der Waals surface area contributed by atoms with Crippen molar-refractivity contribution in [1.29, 1.82) is 5.26 Å². The van der Waals surface area contributed by atoms with Gasteiger partial charge in [-0.15, -0.1) is 0 Å². The topological polar surface area (TPSA) is 74.0 Å². The van der Waals surface area contributed by atoms with Gasteiger partial charge >= 0.3 is 5.97 Å². The zero-order valence-electron chi connectivity index (χ0n) is 15.4. The van der Waals surface area contributed by atoms with E-state index in [2.05, 4.69) is 24.9 Å². The minimum absolute atomic E-state index is 0.0473. The molecule has 2 rings (SSSR count). The Morgan fingerprint density at radius 3 is 2.24 bits per heavy atom. The number of carbonyl (C=O) groups is 1. The van der Waals surface area contributed by atoms with Gasteiger partial charge in [-0.25, -0.2) is 4.79 Å². The fraction of sp³-hybridized carbons (Fsp3) is 0.381. The third-order valence-corrected chi connectivity index (χ3v) is 4.11. The lowest BCUT2D eigenvalue weighted by Crippen LogP contribution is -2.15. The van der Waals surface area contributed by atoms with E-state index in [0.717, 1.165) is 11.1 Å². The van der Waals surface area contributed by atoms with Crippen LogP contribution in [0, 0.1) is 24.2 Å². The van der Waals surface area contributed by atoms with Crippen molar-refractivity contribution in [3.63, 3.8) is 0 Å². The van der Waals surface area contributed by atoms with Crippen LogP contribution < -0.4 is 0 Å². The molecule has 1 aromatic carbocycles. The maximum Gasteiger partial charge on any atom is 0.338 e. The van der Waals surface area contributed by atoms with E-state index in [9.17, 15) is 15.2 Å². The van der Waals surface area contributed by atoms with Crippen LogP contribution in [0.4, 0.5) is 0 Å². The Kier molecular flexibility index (Phi) is 5.58. The fourth-order valence-electron chi connectivity index (χ4n) is 2.95. The van der Waals surface area contributed by atoms with Gasteiger partial charge in [0.1, 0.15) is 6.07 Å². The zero-order valence-corrected chi connectivity index (χ0v) is 15.4. The lowest BCUT2D eigenvalue weighted by atomic mass is 9.88. The number of carboxylic acid groups (broad SMARTS) is 1. The number of benzene rings is 1. The van der Waals surface area contributed by atoms with E-state index >= 15 is 0 Å². The highest BCUT2D eigenvalue weighted by molar-refractivity contribution is 5.99. The van der Waals surface area contributed by atoms with Gasteiger partial charge in [-0.05, 0) is 30.7 Å². The van der Waals surface area contributed by atoms with Crippen LogP contribution >= 0.6 is 0 Å². The average Bonchev–Trinajstić information content (AvgIpc) is 2.53. The molecule has 4 nitrogen and oxygen atoms in total. The van der Waals surface area contributed by atoms with Crippen LogP contribution in [-0.2, 0) is 6.42 Å². The molecule has 1 N–H and O–H groups in total. The van der Waals surface area contributed by atoms with E-state index < -0.39 is 5.97 Å². The Labute approximate surface area is 149 Å². The summed E-state index contributed by atoms with van der Waals surface area (Å²) in [5.41, 5.74) is 4.06. The molecule has 0 aliphatic carbocycles. The molecule has 130 valence electrons. The van der Waals surface area contributed by atoms with Crippen LogP contribution in [0.1, 0.15) is 66.5 Å². The lowest BCUT2D eigenvalue weighted by Gasteiger charge is -2.19. The molecule has 0 spiro atoms. The van der Waals surface area contributed by atoms with Crippen molar-refractivity contribution >= 4 is 5.97 Å². The van der Waals surface area contributed by atoms with E-state index in [0.29, 0.717) is 34.9 Å². The molecule has 0 bridgehead atoms. The SMILES string of the molecule is Cc1ccc(-c2c(C#N)c(CC(C)C)nc(C(C)C)c2C(=O)O)cc1. The van der Waals surface area contributed by atoms with Crippen molar-refractivity contribution < 1.29 is 9.90 Å². The summed E-state index contributed by atoms with van der Waals surface area (Å²) in [4.78, 5) is 16.6. The maximum absolute atomic E-state index is 12.0. The molecule has 1 aromatic heterocycles. The van der Waals surface area contributed by atoms with Gasteiger partial charge in [0.05, 0.1) is 22.5 Å². The van der Waals surface area contributed by atoms with Crippen molar-refractivity contribution in [2.75, 3.05) is 0 Å². The zero-order chi connectivity index (χ0) is 18.7. The van der Waals surface area contributed by atoms with Gasteiger partial charge in [-0.1, -0.05) is 57.5 Å². The first-order valence-electron chi connectivity index (χ1n) is 8.53. The molecule has 4 heteroatoms. The Bertz CT molecular complexity index is 828. The first-order valence-corrected chi connectivity index (χ1v) is 8.53. The van der Waals surface area contributed by atoms with Gasteiger partial charge in [0.2, 0.25) is 0 Å². The minimum Gasteiger partial charge on any atom is -0.478 e. The van der Waals surface area contributed by atoms with Crippen LogP contribution in [0.15, 0.2) is 24.3 Å². The van der Waals surface area contributed by atoms with Gasteiger partial charge in [0.15, 0.2) is 0 Å². The number of aryl methyl sites for hydroxylation is 1. The molecule has 0 aliphatic rings. The summed E-state index contributed by atoms with van der Waals surface area (Å²) in [7, 11) is 0. The summed E-state index contributed by atoms with van der Waals surface area (Å²) >= 11 is 0. The highest BCUT2D eigenvalue weighted by Crippen LogP contribution is 2.34. The second-order valence-corrected chi connectivity index (χ2v) is 7.10. The number of nitriles is 1. The van der Waals surface area contributed by atoms with Gasteiger partial charge in [-0.3, -0.25) is 4.98 Å². The molecule has 0 radical (unpaired) electrons. The Balaban J connectivity index is 2.93. The molecule has 0 aliphatic heterocycles. The molecule has 0 amide bonds. The average molecular weight is 336 g/mol. The van der Waals surface area contributed by atoms with Crippen LogP contribution in [0.25, 0.3) is 11.1 Å². The second-order valence-electron chi connectivity index (χ2n) is 7.10. The highest BCUT2D eigenvalue weighted by atomic mass is 16.4. The third-order valence-electron chi connectivity index (χ3n) is 4.11. The smallest absolute Gasteiger partial charge is 0.338 e. The predicted octanol–water partition coefficient (Wildman–Crippen LogP) is 4.95. The van der Waals surface area contributed by atoms with E-state index in [1.165, 1.54) is 0 Å². The van der Waals surface area contributed by atoms with E-state index in [1.54, 1.807) is 0 Å². The van der Waals surface area contributed by atoms with Crippen LogP contribution in [0.2, 0.25) is 0 Å². The van der Waals surface area contributed by atoms with Crippen molar-refractivity contribution in [2.45, 2.75) is 47.0 Å². The number of rotatable bonds is 5. The number of hydrogen-bond donors (Lipinski definition) is 1. The Morgan fingerprint density at radius 2 is 1.80 bits per heavy atom. The number of hydrogen-bond acceptors (Lipinski definition) is 3. The van der Waals surface area contributed by atoms with Gasteiger partial charge in [0, 0.05) is 5.56 Å². The van der Waals surface area contributed by atoms with Crippen molar-refractivity contribution in [2.24, 2.45) is 5.92 Å². The predicted molar refractivity (Wildman–Crippen MR) is 98.7 cm³/mol. The summed E-state index contributed by atoms with van der Waals surface area (Å²) in [5.74, 6) is -0.769. The number of carboxylic acids is 1. The third kappa shape index (κ3) is 3.88. The van der Waals surface area contributed by atoms with Crippen LogP contribution in [0.3, 0.4) is 0 Å². The Morgan fingerprint density at radius 1 is 1.20 bits per heavy atom. The first-order chi connectivity index (χ1) is 11.8. The van der Waals surface area contributed by atoms with Crippen LogP contribution in [0.5, 0.6) is 0 Å². The molecule has 2 aromatic rings. The molecule has 0 saturated heterocycles. The summed E-state index contributed by atoms with van der Waals surface area (Å²) < 4.78 is 0. The molecule has 0 saturated carbocycles. The minimum atomic E-state index is -1.04. The molecule has 25 heavy (non-hydrogen) atoms. The molecule has 0 atom stereocenters. The first kappa shape index (κ1) is 18.7. The van der Waals surface area contributed by atoms with Crippen molar-refractivity contribution in [3.8, 4) is 17.2 Å². The van der Waals surface area contributed by atoms with E-state index in [-0.39, 0.29) is 11.5 Å². The molecule has 1 heterocycles. The maximum atomic E-state index is 12.0. The highest BCUT2D eigenvalue weighted by Gasteiger charge is 2.26. The lowest BCUT2D eigenvalue weighted by molar-refractivity contribution is 0.0695. The molecular formula is C21H24N2O2. The second kappa shape index (κ2) is 7.48. The monoisotopic (exact) mass is 336 g/mol. The number of aromatic carboxylic acids is 1. The van der Waals surface area contributed by atoms with E-state index in [4.69, 9.17) is 0 Å². The Hall–Kier alpha value is -2.67. The van der Waals surface area contributed by atoms with Gasteiger partial charge in [0.25, 0.3) is 0 Å². The van der Waals surface area contributed by atoms with Crippen molar-refractivity contribution in [1.82, 2.24) is 4.98 Å². The number of pyridine rings is 1. The molecular weight excluding hydrogens is 312 g/mol. The summed E-state index contributed by atoms with van der Waals surface area (Å²) in [5, 5.41) is 19.6. The number of aromatic nitrogens is 1. The number of nitrogens with zero attached hydrogens (tertiary/aromatic N) is 2. The van der Waals surface area contributed by atoms with E-state index in [1.807, 2.05) is 45.0 Å². The molecule has 0 fully saturated rings. The fourth-order valence-corrected chi connectivity index (χ4v) is 2.95. The standard InChI is InChI=1S/C21H24N2O2/c1-12(2)10-17-16(11-22)18(15-8-6-14(5)7-9-15)19(21(24)25)20(23-17)13(3)4/h6-9,12-13H,10H2,1-5H3,(H,24,25). The van der Waals surface area contributed by atoms with Crippen molar-refractivity contribution in [3.05, 3.63) is 52.3 Å². The summed E-state index contributed by atoms with van der Waals surface area (Å²) in [6.45, 7) is 9.96. The molecule has 0 unspecified atom stereocenters. The van der Waals surface area contributed by atoms with Gasteiger partial charge in [-0.2, -0.15) is 5.26 Å². The van der Waals surface area contributed by atoms with Crippen LogP contribution in [-0.4, -0.2) is 16.1 Å². The van der Waals surface area contributed by atoms with Gasteiger partial charge < -0.3 is 5.11 Å². The summed E-state index contributed by atoms with van der Waals surface area (Å²) in [6.07, 6.45) is 0.640. The normalized spacial score (nSPS) is 11.0. The largest absolute Gasteiger partial charge is 0.478 e.